The molecule has 0 fully saturated rings. The van der Waals surface area contributed by atoms with Crippen LogP contribution in [-0.2, 0) is 20.6 Å². The molecule has 4 heterocycles. The third kappa shape index (κ3) is 8.10. The second-order valence-electron chi connectivity index (χ2n) is 10.1. The van der Waals surface area contributed by atoms with Gasteiger partial charge in [0.05, 0.1) is 46.8 Å². The number of nitro benzene ring substituents is 1. The van der Waals surface area contributed by atoms with E-state index in [1.165, 1.54) is 59.9 Å². The predicted molar refractivity (Wildman–Crippen MR) is 179 cm³/mol. The van der Waals surface area contributed by atoms with E-state index in [1.807, 2.05) is 0 Å². The Hall–Kier alpha value is -6.16. The fraction of sp³-hybridized carbons (Fsp3) is 0.185. The highest BCUT2D eigenvalue weighted by Gasteiger charge is 2.17. The fourth-order valence-electron chi connectivity index (χ4n) is 4.20. The largest absolute Gasteiger partial charge is 0.507 e. The summed E-state index contributed by atoms with van der Waals surface area (Å²) in [5.41, 5.74) is 4.83. The van der Waals surface area contributed by atoms with E-state index in [2.05, 4.69) is 35.7 Å². The first-order valence-electron chi connectivity index (χ1n) is 13.8. The molecule has 23 heteroatoms. The summed E-state index contributed by atoms with van der Waals surface area (Å²) < 4.78 is 3.67. The minimum absolute atomic E-state index is 0.0130. The van der Waals surface area contributed by atoms with Gasteiger partial charge in [0, 0.05) is 31.3 Å². The third-order valence-electron chi connectivity index (χ3n) is 6.67. The van der Waals surface area contributed by atoms with Crippen LogP contribution in [0.4, 0.5) is 17.3 Å². The fourth-order valence-corrected chi connectivity index (χ4v) is 4.59. The lowest BCUT2D eigenvalue weighted by Gasteiger charge is -2.09. The zero-order valence-corrected chi connectivity index (χ0v) is 27.2. The van der Waals surface area contributed by atoms with Gasteiger partial charge in [-0.2, -0.15) is 4.98 Å². The van der Waals surface area contributed by atoms with Crippen LogP contribution in [0.15, 0.2) is 57.1 Å². The molecule has 0 saturated carbocycles. The summed E-state index contributed by atoms with van der Waals surface area (Å²) in [7, 11) is 2.90. The van der Waals surface area contributed by atoms with Gasteiger partial charge in [-0.05, 0) is 24.3 Å². The number of amides is 1. The number of nitrogens with two attached hydrogens (primary N) is 1. The van der Waals surface area contributed by atoms with Crippen molar-refractivity contribution in [1.29, 1.82) is 0 Å². The van der Waals surface area contributed by atoms with Crippen molar-refractivity contribution in [1.82, 2.24) is 44.1 Å². The number of phenolic OH excluding ortho intramolecular Hbond substituents is 1. The van der Waals surface area contributed by atoms with E-state index in [0.717, 1.165) is 10.6 Å². The first kappa shape index (κ1) is 36.7. The van der Waals surface area contributed by atoms with Gasteiger partial charge < -0.3 is 30.9 Å². The first-order chi connectivity index (χ1) is 23.6. The molecule has 2 aromatic carbocycles. The van der Waals surface area contributed by atoms with Crippen LogP contribution >= 0.6 is 23.2 Å². The lowest BCUT2D eigenvalue weighted by atomic mass is 10.2. The quantitative estimate of drug-likeness (QED) is 0.0893. The number of hydrogen-bond acceptors (Lipinski definition) is 14. The molecule has 0 spiro atoms. The van der Waals surface area contributed by atoms with Crippen LogP contribution in [0.3, 0.4) is 0 Å². The highest BCUT2D eigenvalue weighted by Crippen LogP contribution is 2.28. The number of non-ortho nitro benzene ring substituents is 1. The Bertz CT molecular complexity index is 2400. The van der Waals surface area contributed by atoms with Crippen molar-refractivity contribution in [3.63, 3.8) is 0 Å². The van der Waals surface area contributed by atoms with Crippen molar-refractivity contribution in [2.75, 3.05) is 17.7 Å². The minimum atomic E-state index is -0.982. The molecule has 1 amide bonds. The zero-order valence-electron chi connectivity index (χ0n) is 25.7. The van der Waals surface area contributed by atoms with Crippen molar-refractivity contribution in [2.45, 2.75) is 12.6 Å². The Morgan fingerprint density at radius 3 is 2.52 bits per heavy atom. The number of aryl methyl sites for hydroxylation is 1. The molecule has 6 aromatic rings. The summed E-state index contributed by atoms with van der Waals surface area (Å²) in [6, 6.07) is 7.65. The second-order valence-corrected chi connectivity index (χ2v) is 11.0. The third-order valence-corrected chi connectivity index (χ3v) is 7.22. The number of carbonyl (C=O) groups is 1. The average molecular weight is 733 g/mol. The van der Waals surface area contributed by atoms with Gasteiger partial charge in [0.2, 0.25) is 5.95 Å². The summed E-state index contributed by atoms with van der Waals surface area (Å²) in [4.78, 5) is 66.7. The van der Waals surface area contributed by atoms with Crippen molar-refractivity contribution in [3.05, 3.63) is 99.6 Å². The van der Waals surface area contributed by atoms with E-state index in [4.69, 9.17) is 34.0 Å². The van der Waals surface area contributed by atoms with Crippen LogP contribution < -0.4 is 27.9 Å². The molecular formula is C27H26Cl2N12O9. The normalized spacial score (nSPS) is 11.3. The number of imidazole rings is 1. The summed E-state index contributed by atoms with van der Waals surface area (Å²) >= 11 is 11.6. The number of phenols is 1. The molecule has 21 nitrogen and oxygen atoms in total. The molecule has 0 aliphatic heterocycles. The maximum atomic E-state index is 12.0. The van der Waals surface area contributed by atoms with Crippen LogP contribution in [0.5, 0.6) is 5.75 Å². The summed E-state index contributed by atoms with van der Waals surface area (Å²) in [6.07, 6.45) is 0.383. The van der Waals surface area contributed by atoms with Gasteiger partial charge in [-0.3, -0.25) is 38.6 Å². The zero-order chi connectivity index (χ0) is 36.9. The number of nitrogens with one attached hydrogen (secondary N) is 3. The Balaban J connectivity index is 0.000000176. The Labute approximate surface area is 287 Å². The maximum absolute atomic E-state index is 12.0. The van der Waals surface area contributed by atoms with E-state index < -0.39 is 34.8 Å². The van der Waals surface area contributed by atoms with Crippen LogP contribution in [0.2, 0.25) is 10.0 Å². The lowest BCUT2D eigenvalue weighted by Crippen LogP contribution is -2.38. The van der Waals surface area contributed by atoms with Crippen molar-refractivity contribution in [3.8, 4) is 5.75 Å². The molecular weight excluding hydrogens is 707 g/mol. The van der Waals surface area contributed by atoms with E-state index in [9.17, 15) is 39.5 Å². The molecule has 0 radical (unpaired) electrons. The Morgan fingerprint density at radius 1 is 1.14 bits per heavy atom. The predicted octanol–water partition coefficient (Wildman–Crippen LogP) is 0.270. The number of nitro groups is 1. The molecule has 0 saturated heterocycles. The van der Waals surface area contributed by atoms with Crippen molar-refractivity contribution < 1.29 is 25.0 Å². The topological polar surface area (TPSA) is 308 Å². The molecule has 8 N–H and O–H groups in total. The number of nitrogen functional groups attached to an aromatic ring is 1. The second kappa shape index (κ2) is 15.4. The van der Waals surface area contributed by atoms with Crippen LogP contribution in [-0.4, -0.2) is 82.9 Å². The van der Waals surface area contributed by atoms with E-state index in [0.29, 0.717) is 5.65 Å². The maximum Gasteiger partial charge on any atom is 0.332 e. The van der Waals surface area contributed by atoms with Crippen molar-refractivity contribution in [2.24, 2.45) is 14.1 Å². The number of hydrogen-bond donors (Lipinski definition) is 7. The first-order valence-corrected chi connectivity index (χ1v) is 14.6. The van der Waals surface area contributed by atoms with Gasteiger partial charge in [-0.25, -0.2) is 14.9 Å². The molecule has 0 bridgehead atoms. The van der Waals surface area contributed by atoms with Gasteiger partial charge in [0.1, 0.15) is 5.75 Å². The number of aromatic nitrogens is 9. The number of anilines is 2. The Kier molecular flexibility index (Phi) is 11.3. The van der Waals surface area contributed by atoms with Gasteiger partial charge in [0.25, 0.3) is 22.7 Å². The number of aliphatic hydroxyl groups is 2. The average Bonchev–Trinajstić information content (AvgIpc) is 3.73. The summed E-state index contributed by atoms with van der Waals surface area (Å²) in [5, 5.41) is 50.5. The van der Waals surface area contributed by atoms with Crippen molar-refractivity contribution >= 4 is 68.8 Å². The van der Waals surface area contributed by atoms with E-state index >= 15 is 0 Å². The number of rotatable bonds is 6. The number of H-pyrrole nitrogens is 2. The number of fused-ring (bicyclic) bond motifs is 2. The van der Waals surface area contributed by atoms with Gasteiger partial charge >= 0.3 is 5.69 Å². The molecule has 0 aliphatic carbocycles. The highest BCUT2D eigenvalue weighted by atomic mass is 35.5. The standard InChI is InChI=1S/C13H8Cl2N2O4.C10H14N4O4.C4H4N6O/c14-7-1-4-12(18)9(5-7)13(19)16-11-3-2-8(17(20)21)6-10(11)15;1-12-8-7(9(17)13(2)10(12)18)14(5-11-8)3-6(16)4-15;5-4-6-2-1(3(11)7-4)8-10-9-2/h1-6,18H,(H,16,19);5-6,15-16H,3-4H2,1-2H3;(H4,5,6,7,8,9,10,11). The van der Waals surface area contributed by atoms with Crippen LogP contribution in [0.1, 0.15) is 10.4 Å². The number of aliphatic hydroxyl groups excluding tert-OH is 2. The number of aromatic hydroxyl groups is 1. The van der Waals surface area contributed by atoms with Gasteiger partial charge in [-0.15, -0.1) is 5.10 Å². The molecule has 0 aliphatic rings. The van der Waals surface area contributed by atoms with Gasteiger partial charge in [0.15, 0.2) is 22.3 Å². The van der Waals surface area contributed by atoms with Gasteiger partial charge in [-0.1, -0.05) is 28.4 Å². The SMILES string of the molecule is Cn1c(=O)c2c(ncn2CC(O)CO)n(C)c1=O.Nc1nc2[nH]nnc2c(=O)[nH]1.O=C(Nc1ccc([N+](=O)[O-])cc1Cl)c1cc(Cl)ccc1O. The molecule has 6 rings (SSSR count). The summed E-state index contributed by atoms with van der Waals surface area (Å²) in [5.74, 6) is -0.825. The highest BCUT2D eigenvalue weighted by molar-refractivity contribution is 6.34. The smallest absolute Gasteiger partial charge is 0.332 e. The number of nitrogens with zero attached hydrogens (tertiary/aromatic N) is 8. The molecule has 1 atom stereocenters. The minimum Gasteiger partial charge on any atom is -0.507 e. The molecule has 50 heavy (non-hydrogen) atoms. The monoisotopic (exact) mass is 732 g/mol. The number of aromatic amines is 2. The number of halogens is 2. The van der Waals surface area contributed by atoms with E-state index in [-0.39, 0.29) is 67.5 Å². The Morgan fingerprint density at radius 2 is 1.86 bits per heavy atom. The van der Waals surface area contributed by atoms with E-state index in [1.54, 1.807) is 0 Å². The molecule has 1 unspecified atom stereocenters. The number of carbonyl (C=O) groups excluding carboxylic acids is 1. The molecule has 262 valence electrons. The summed E-state index contributed by atoms with van der Waals surface area (Å²) in [6.45, 7) is -0.369. The number of benzene rings is 2. The lowest BCUT2D eigenvalue weighted by molar-refractivity contribution is -0.384. The molecule has 4 aromatic heterocycles. The van der Waals surface area contributed by atoms with Crippen LogP contribution in [0, 0.1) is 10.1 Å². The van der Waals surface area contributed by atoms with Crippen LogP contribution in [0.25, 0.3) is 22.3 Å².